The minimum Gasteiger partial charge on any atom is -0.486 e. The Morgan fingerprint density at radius 2 is 2.14 bits per heavy atom. The zero-order valence-electron chi connectivity index (χ0n) is 12.8. The average molecular weight is 327 g/mol. The van der Waals surface area contributed by atoms with Gasteiger partial charge in [-0.2, -0.15) is 0 Å². The van der Waals surface area contributed by atoms with E-state index in [1.165, 1.54) is 0 Å². The highest BCUT2D eigenvalue weighted by Gasteiger charge is 2.36. The third kappa shape index (κ3) is 3.91. The lowest BCUT2D eigenvalue weighted by Gasteiger charge is -2.40. The molecule has 1 unspecified atom stereocenters. The summed E-state index contributed by atoms with van der Waals surface area (Å²) in [6.45, 7) is 6.11. The number of nitrogens with zero attached hydrogens (tertiary/aromatic N) is 1. The summed E-state index contributed by atoms with van der Waals surface area (Å²) in [5.74, 6) is 1.02. The first kappa shape index (κ1) is 17.1. The summed E-state index contributed by atoms with van der Waals surface area (Å²) in [5.41, 5.74) is 1.13. The van der Waals surface area contributed by atoms with Crippen molar-refractivity contribution in [1.82, 2.24) is 10.2 Å². The van der Waals surface area contributed by atoms with Gasteiger partial charge in [0.2, 0.25) is 5.91 Å². The molecule has 0 aromatic heterocycles. The number of benzene rings is 1. The van der Waals surface area contributed by atoms with Crippen LogP contribution in [-0.2, 0) is 9.53 Å². The van der Waals surface area contributed by atoms with E-state index in [0.717, 1.165) is 17.9 Å². The predicted molar refractivity (Wildman–Crippen MR) is 86.6 cm³/mol. The number of carbonyl (C=O) groups excluding carboxylic acids is 1. The first-order valence-corrected chi connectivity index (χ1v) is 7.53. The van der Waals surface area contributed by atoms with Crippen LogP contribution in [0.2, 0.25) is 0 Å². The first-order chi connectivity index (χ1) is 10.2. The normalized spacial score (nSPS) is 22.2. The van der Waals surface area contributed by atoms with E-state index in [2.05, 4.69) is 5.32 Å². The Labute approximate surface area is 137 Å². The van der Waals surface area contributed by atoms with Crippen molar-refractivity contribution in [1.29, 1.82) is 0 Å². The number of nitrogens with one attached hydrogen (secondary N) is 1. The van der Waals surface area contributed by atoms with Crippen LogP contribution in [0, 0.1) is 12.8 Å². The maximum absolute atomic E-state index is 12.3. The van der Waals surface area contributed by atoms with Crippen molar-refractivity contribution in [3.8, 4) is 5.75 Å². The molecule has 1 aromatic rings. The Morgan fingerprint density at radius 3 is 2.91 bits per heavy atom. The molecule has 2 fully saturated rings. The summed E-state index contributed by atoms with van der Waals surface area (Å²) < 4.78 is 11.4. The molecule has 1 N–H and O–H groups in total. The molecule has 2 heterocycles. The fourth-order valence-electron chi connectivity index (χ4n) is 2.68. The summed E-state index contributed by atoms with van der Waals surface area (Å²) in [6.07, 6.45) is 0.106. The van der Waals surface area contributed by atoms with Gasteiger partial charge in [-0.1, -0.05) is 18.2 Å². The van der Waals surface area contributed by atoms with Gasteiger partial charge >= 0.3 is 0 Å². The second-order valence-electron chi connectivity index (χ2n) is 5.72. The molecule has 3 rings (SSSR count). The standard InChI is InChI=1S/C16H22N2O3.ClH/c1-12-4-2-3-5-15(12)21-14-9-18(10-14)16(19)13-8-17-6-7-20-11-13;/h2-5,13-14,17H,6-11H2,1H3;1H. The Hall–Kier alpha value is -1.30. The van der Waals surface area contributed by atoms with E-state index in [-0.39, 0.29) is 30.3 Å². The average Bonchev–Trinajstić information content (AvgIpc) is 2.72. The van der Waals surface area contributed by atoms with Crippen LogP contribution in [0.5, 0.6) is 5.75 Å². The molecule has 0 bridgehead atoms. The number of hydrogen-bond acceptors (Lipinski definition) is 4. The number of rotatable bonds is 3. The SMILES string of the molecule is Cc1ccccc1OC1CN(C(=O)C2CNCCOC2)C1.Cl. The number of halogens is 1. The summed E-state index contributed by atoms with van der Waals surface area (Å²) in [4.78, 5) is 14.2. The molecule has 1 atom stereocenters. The van der Waals surface area contributed by atoms with E-state index < -0.39 is 0 Å². The monoisotopic (exact) mass is 326 g/mol. The van der Waals surface area contributed by atoms with E-state index in [1.807, 2.05) is 36.1 Å². The number of para-hydroxylation sites is 1. The number of amides is 1. The second kappa shape index (κ2) is 7.81. The molecule has 0 radical (unpaired) electrons. The van der Waals surface area contributed by atoms with Crippen LogP contribution in [0.15, 0.2) is 24.3 Å². The number of ether oxygens (including phenoxy) is 2. The number of hydrogen-bond donors (Lipinski definition) is 1. The molecule has 122 valence electrons. The lowest BCUT2D eigenvalue weighted by Crippen LogP contribution is -2.58. The molecular formula is C16H23ClN2O3. The van der Waals surface area contributed by atoms with Gasteiger partial charge < -0.3 is 19.7 Å². The zero-order chi connectivity index (χ0) is 14.7. The summed E-state index contributed by atoms with van der Waals surface area (Å²) in [6, 6.07) is 7.98. The highest BCUT2D eigenvalue weighted by molar-refractivity contribution is 5.85. The van der Waals surface area contributed by atoms with Gasteiger partial charge in [-0.05, 0) is 18.6 Å². The molecule has 1 amide bonds. The molecule has 5 nitrogen and oxygen atoms in total. The zero-order valence-corrected chi connectivity index (χ0v) is 13.6. The predicted octanol–water partition coefficient (Wildman–Crippen LogP) is 1.24. The van der Waals surface area contributed by atoms with Crippen molar-refractivity contribution in [2.45, 2.75) is 13.0 Å². The quantitative estimate of drug-likeness (QED) is 0.908. The smallest absolute Gasteiger partial charge is 0.229 e. The Morgan fingerprint density at radius 1 is 1.36 bits per heavy atom. The van der Waals surface area contributed by atoms with Crippen LogP contribution >= 0.6 is 12.4 Å². The van der Waals surface area contributed by atoms with Gasteiger partial charge in [-0.15, -0.1) is 12.4 Å². The first-order valence-electron chi connectivity index (χ1n) is 7.53. The molecular weight excluding hydrogens is 304 g/mol. The van der Waals surface area contributed by atoms with Crippen molar-refractivity contribution in [2.24, 2.45) is 5.92 Å². The summed E-state index contributed by atoms with van der Waals surface area (Å²) >= 11 is 0. The highest BCUT2D eigenvalue weighted by atomic mass is 35.5. The maximum atomic E-state index is 12.3. The van der Waals surface area contributed by atoms with Gasteiger partial charge in [0, 0.05) is 13.1 Å². The maximum Gasteiger partial charge on any atom is 0.229 e. The van der Waals surface area contributed by atoms with Crippen molar-refractivity contribution in [3.05, 3.63) is 29.8 Å². The van der Waals surface area contributed by atoms with Gasteiger partial charge in [-0.3, -0.25) is 4.79 Å². The fourth-order valence-corrected chi connectivity index (χ4v) is 2.68. The molecule has 1 aromatic carbocycles. The molecule has 0 saturated carbocycles. The molecule has 0 aliphatic carbocycles. The molecule has 2 aliphatic heterocycles. The number of aryl methyl sites for hydroxylation is 1. The van der Waals surface area contributed by atoms with Crippen LogP contribution in [0.25, 0.3) is 0 Å². The molecule has 6 heteroatoms. The van der Waals surface area contributed by atoms with E-state index in [1.54, 1.807) is 0 Å². The second-order valence-corrected chi connectivity index (χ2v) is 5.72. The van der Waals surface area contributed by atoms with Gasteiger partial charge in [-0.25, -0.2) is 0 Å². The van der Waals surface area contributed by atoms with Gasteiger partial charge in [0.25, 0.3) is 0 Å². The minimum absolute atomic E-state index is 0. The van der Waals surface area contributed by atoms with Crippen molar-refractivity contribution < 1.29 is 14.3 Å². The van der Waals surface area contributed by atoms with Gasteiger partial charge in [0.15, 0.2) is 0 Å². The third-order valence-electron chi connectivity index (χ3n) is 4.03. The molecule has 2 saturated heterocycles. The van der Waals surface area contributed by atoms with E-state index in [0.29, 0.717) is 32.8 Å². The topological polar surface area (TPSA) is 50.8 Å². The van der Waals surface area contributed by atoms with E-state index in [4.69, 9.17) is 9.47 Å². The number of carbonyl (C=O) groups is 1. The Kier molecular flexibility index (Phi) is 6.06. The Bertz CT molecular complexity index is 498. The lowest BCUT2D eigenvalue weighted by atomic mass is 10.0. The minimum atomic E-state index is -0.0630. The van der Waals surface area contributed by atoms with Gasteiger partial charge in [0.05, 0.1) is 32.2 Å². The van der Waals surface area contributed by atoms with Gasteiger partial charge in [0.1, 0.15) is 11.9 Å². The summed E-state index contributed by atoms with van der Waals surface area (Å²) in [5, 5.41) is 3.24. The van der Waals surface area contributed by atoms with Crippen LogP contribution in [0.4, 0.5) is 0 Å². The van der Waals surface area contributed by atoms with Crippen molar-refractivity contribution >= 4 is 18.3 Å². The van der Waals surface area contributed by atoms with E-state index in [9.17, 15) is 4.79 Å². The third-order valence-corrected chi connectivity index (χ3v) is 4.03. The van der Waals surface area contributed by atoms with Crippen LogP contribution in [0.1, 0.15) is 5.56 Å². The molecule has 2 aliphatic rings. The Balaban J connectivity index is 0.00000176. The van der Waals surface area contributed by atoms with Crippen LogP contribution in [0.3, 0.4) is 0 Å². The van der Waals surface area contributed by atoms with Crippen molar-refractivity contribution in [2.75, 3.05) is 39.4 Å². The number of likely N-dealkylation sites (tertiary alicyclic amines) is 1. The highest BCUT2D eigenvalue weighted by Crippen LogP contribution is 2.22. The largest absolute Gasteiger partial charge is 0.486 e. The lowest BCUT2D eigenvalue weighted by molar-refractivity contribution is -0.145. The van der Waals surface area contributed by atoms with Crippen molar-refractivity contribution in [3.63, 3.8) is 0 Å². The molecule has 22 heavy (non-hydrogen) atoms. The van der Waals surface area contributed by atoms with Crippen LogP contribution < -0.4 is 10.1 Å². The molecule has 0 spiro atoms. The fraction of sp³-hybridized carbons (Fsp3) is 0.562. The van der Waals surface area contributed by atoms with E-state index >= 15 is 0 Å². The van der Waals surface area contributed by atoms with Crippen LogP contribution in [-0.4, -0.2) is 56.3 Å². The summed E-state index contributed by atoms with van der Waals surface area (Å²) in [7, 11) is 0.